The first-order chi connectivity index (χ1) is 8.79. The lowest BCUT2D eigenvalue weighted by Gasteiger charge is -2.19. The Bertz CT molecular complexity index is 388. The van der Waals surface area contributed by atoms with Crippen molar-refractivity contribution in [2.75, 3.05) is 31.9 Å². The topological polar surface area (TPSA) is 58.1 Å². The van der Waals surface area contributed by atoms with Gasteiger partial charge in [0, 0.05) is 26.1 Å². The first-order valence-electron chi connectivity index (χ1n) is 6.23. The molecule has 1 aliphatic rings. The minimum atomic E-state index is 0.206. The van der Waals surface area contributed by atoms with Gasteiger partial charge in [0.25, 0.3) is 0 Å². The zero-order chi connectivity index (χ0) is 12.8. The van der Waals surface area contributed by atoms with Gasteiger partial charge in [-0.25, -0.2) is 4.98 Å². The predicted octanol–water partition coefficient (Wildman–Crippen LogP) is 1.01. The van der Waals surface area contributed by atoms with Gasteiger partial charge in [0.05, 0.1) is 5.75 Å². The van der Waals surface area contributed by atoms with Gasteiger partial charge in [-0.05, 0) is 24.5 Å². The lowest BCUT2D eigenvalue weighted by Crippen LogP contribution is -2.35. The van der Waals surface area contributed by atoms with Gasteiger partial charge in [-0.2, -0.15) is 4.37 Å². The van der Waals surface area contributed by atoms with Crippen molar-refractivity contribution in [3.8, 4) is 0 Å². The Labute approximate surface area is 116 Å². The Kier molecular flexibility index (Phi) is 5.40. The first kappa shape index (κ1) is 13.8. The van der Waals surface area contributed by atoms with E-state index in [1.807, 2.05) is 11.8 Å². The van der Waals surface area contributed by atoms with Gasteiger partial charge in [-0.15, -0.1) is 0 Å². The van der Waals surface area contributed by atoms with Crippen LogP contribution >= 0.6 is 23.3 Å². The minimum Gasteiger partial charge on any atom is -0.341 e. The molecule has 0 bridgehead atoms. The summed E-state index contributed by atoms with van der Waals surface area (Å²) in [6, 6.07) is 0. The Hall–Kier alpha value is -0.660. The van der Waals surface area contributed by atoms with E-state index in [9.17, 15) is 4.79 Å². The van der Waals surface area contributed by atoms with Crippen LogP contribution in [-0.4, -0.2) is 52.1 Å². The predicted molar refractivity (Wildman–Crippen MR) is 74.1 cm³/mol. The summed E-state index contributed by atoms with van der Waals surface area (Å²) in [4.78, 5) is 18.3. The number of thioether (sulfide) groups is 1. The smallest absolute Gasteiger partial charge is 0.233 e. The number of carbonyl (C=O) groups is 1. The molecule has 18 heavy (non-hydrogen) atoms. The lowest BCUT2D eigenvalue weighted by atomic mass is 10.4. The molecule has 0 spiro atoms. The van der Waals surface area contributed by atoms with Crippen molar-refractivity contribution in [2.45, 2.75) is 24.1 Å². The van der Waals surface area contributed by atoms with Crippen molar-refractivity contribution < 1.29 is 4.79 Å². The summed E-state index contributed by atoms with van der Waals surface area (Å²) in [5.74, 6) is 1.55. The molecule has 0 atom stereocenters. The molecule has 1 aromatic rings. The molecule has 1 aliphatic heterocycles. The molecule has 0 aliphatic carbocycles. The molecule has 1 aromatic heterocycles. The van der Waals surface area contributed by atoms with Crippen LogP contribution in [0.5, 0.6) is 0 Å². The fourth-order valence-corrected chi connectivity index (χ4v) is 3.35. The normalized spacial score (nSPS) is 16.6. The Morgan fingerprint density at radius 1 is 1.50 bits per heavy atom. The maximum Gasteiger partial charge on any atom is 0.233 e. The number of hydrogen-bond acceptors (Lipinski definition) is 6. The van der Waals surface area contributed by atoms with E-state index >= 15 is 0 Å². The van der Waals surface area contributed by atoms with Gasteiger partial charge in [0.1, 0.15) is 5.82 Å². The van der Waals surface area contributed by atoms with Crippen molar-refractivity contribution in [3.05, 3.63) is 5.82 Å². The standard InChI is InChI=1S/C11H18N4OS2/c1-2-9-13-11(18-14-9)17-8-10(16)15-6-3-4-12-5-7-15/h12H,2-8H2,1H3. The van der Waals surface area contributed by atoms with E-state index in [2.05, 4.69) is 14.7 Å². The Balaban J connectivity index is 1.79. The summed E-state index contributed by atoms with van der Waals surface area (Å²) >= 11 is 2.88. The summed E-state index contributed by atoms with van der Waals surface area (Å²) in [6.45, 7) is 5.62. The maximum absolute atomic E-state index is 12.0. The second kappa shape index (κ2) is 7.06. The summed E-state index contributed by atoms with van der Waals surface area (Å²) < 4.78 is 5.11. The molecule has 0 aromatic carbocycles. The molecule has 5 nitrogen and oxygen atoms in total. The monoisotopic (exact) mass is 286 g/mol. The summed E-state index contributed by atoms with van der Waals surface area (Å²) in [5.41, 5.74) is 0. The van der Waals surface area contributed by atoms with E-state index in [-0.39, 0.29) is 5.91 Å². The average Bonchev–Trinajstić information content (AvgIpc) is 2.68. The van der Waals surface area contributed by atoms with Crippen LogP contribution in [0.2, 0.25) is 0 Å². The van der Waals surface area contributed by atoms with Crippen molar-refractivity contribution in [1.82, 2.24) is 19.6 Å². The van der Waals surface area contributed by atoms with Crippen LogP contribution in [-0.2, 0) is 11.2 Å². The second-order valence-corrected chi connectivity index (χ2v) is 6.08. The third-order valence-corrected chi connectivity index (χ3v) is 4.63. The first-order valence-corrected chi connectivity index (χ1v) is 7.99. The highest BCUT2D eigenvalue weighted by Gasteiger charge is 2.16. The fraction of sp³-hybridized carbons (Fsp3) is 0.727. The number of amides is 1. The number of nitrogens with one attached hydrogen (secondary N) is 1. The summed E-state index contributed by atoms with van der Waals surface area (Å²) in [7, 11) is 0. The molecule has 1 fully saturated rings. The van der Waals surface area contributed by atoms with Crippen molar-refractivity contribution in [2.24, 2.45) is 0 Å². The largest absolute Gasteiger partial charge is 0.341 e. The van der Waals surface area contributed by atoms with Crippen LogP contribution in [0.3, 0.4) is 0 Å². The van der Waals surface area contributed by atoms with Gasteiger partial charge in [-0.1, -0.05) is 18.7 Å². The van der Waals surface area contributed by atoms with Crippen LogP contribution in [0, 0.1) is 0 Å². The molecular weight excluding hydrogens is 268 g/mol. The number of aryl methyl sites for hydroxylation is 1. The highest BCUT2D eigenvalue weighted by molar-refractivity contribution is 8.01. The van der Waals surface area contributed by atoms with Crippen molar-refractivity contribution >= 4 is 29.2 Å². The van der Waals surface area contributed by atoms with Crippen LogP contribution in [0.15, 0.2) is 4.34 Å². The highest BCUT2D eigenvalue weighted by Crippen LogP contribution is 2.20. The fourth-order valence-electron chi connectivity index (χ4n) is 1.75. The number of aromatic nitrogens is 2. The lowest BCUT2D eigenvalue weighted by molar-refractivity contribution is -0.128. The third kappa shape index (κ3) is 3.93. The van der Waals surface area contributed by atoms with E-state index in [0.717, 1.165) is 49.2 Å². The number of rotatable bonds is 4. The molecule has 100 valence electrons. The van der Waals surface area contributed by atoms with Crippen LogP contribution in [0.4, 0.5) is 0 Å². The molecule has 0 saturated carbocycles. The van der Waals surface area contributed by atoms with E-state index in [4.69, 9.17) is 0 Å². The van der Waals surface area contributed by atoms with E-state index in [1.54, 1.807) is 0 Å². The molecule has 0 unspecified atom stereocenters. The number of hydrogen-bond donors (Lipinski definition) is 1. The molecule has 1 amide bonds. The maximum atomic E-state index is 12.0. The average molecular weight is 286 g/mol. The summed E-state index contributed by atoms with van der Waals surface area (Å²) in [5, 5.41) is 3.30. The van der Waals surface area contributed by atoms with Gasteiger partial charge in [-0.3, -0.25) is 4.79 Å². The van der Waals surface area contributed by atoms with Crippen molar-refractivity contribution in [1.29, 1.82) is 0 Å². The number of nitrogens with zero attached hydrogens (tertiary/aromatic N) is 3. The molecule has 0 radical (unpaired) electrons. The van der Waals surface area contributed by atoms with Crippen LogP contribution < -0.4 is 5.32 Å². The molecule has 2 rings (SSSR count). The molecule has 2 heterocycles. The van der Waals surface area contributed by atoms with Gasteiger partial charge in [0.15, 0.2) is 4.34 Å². The van der Waals surface area contributed by atoms with E-state index in [1.165, 1.54) is 23.3 Å². The van der Waals surface area contributed by atoms with Gasteiger partial charge < -0.3 is 10.2 Å². The van der Waals surface area contributed by atoms with Gasteiger partial charge in [0.2, 0.25) is 5.91 Å². The van der Waals surface area contributed by atoms with E-state index in [0.29, 0.717) is 5.75 Å². The SMILES string of the molecule is CCc1nsc(SCC(=O)N2CCCNCC2)n1. The zero-order valence-electron chi connectivity index (χ0n) is 10.5. The molecule has 1 N–H and O–H groups in total. The molecule has 7 heteroatoms. The Morgan fingerprint density at radius 2 is 2.39 bits per heavy atom. The van der Waals surface area contributed by atoms with Gasteiger partial charge >= 0.3 is 0 Å². The zero-order valence-corrected chi connectivity index (χ0v) is 12.1. The molecule has 1 saturated heterocycles. The number of carbonyl (C=O) groups excluding carboxylic acids is 1. The van der Waals surface area contributed by atoms with Crippen molar-refractivity contribution in [3.63, 3.8) is 0 Å². The minimum absolute atomic E-state index is 0.206. The summed E-state index contributed by atoms with van der Waals surface area (Å²) in [6.07, 6.45) is 1.89. The highest BCUT2D eigenvalue weighted by atomic mass is 32.2. The Morgan fingerprint density at radius 3 is 3.17 bits per heavy atom. The van der Waals surface area contributed by atoms with Crippen LogP contribution in [0.25, 0.3) is 0 Å². The third-order valence-electron chi connectivity index (χ3n) is 2.78. The second-order valence-electron chi connectivity index (χ2n) is 4.10. The molecular formula is C11H18N4OS2. The van der Waals surface area contributed by atoms with E-state index < -0.39 is 0 Å². The quantitative estimate of drug-likeness (QED) is 0.837. The van der Waals surface area contributed by atoms with Crippen LogP contribution in [0.1, 0.15) is 19.2 Å².